The van der Waals surface area contributed by atoms with E-state index in [-0.39, 0.29) is 11.7 Å². The number of anilines is 1. The van der Waals surface area contributed by atoms with Crippen molar-refractivity contribution in [2.24, 2.45) is 0 Å². The monoisotopic (exact) mass is 380 g/mol. The number of Topliss-reactive ketones (excluding diaryl/α,β-unsaturated/α-hetero) is 1. The van der Waals surface area contributed by atoms with Gasteiger partial charge in [-0.3, -0.25) is 14.7 Å². The van der Waals surface area contributed by atoms with E-state index >= 15 is 0 Å². The van der Waals surface area contributed by atoms with Crippen molar-refractivity contribution >= 4 is 29.1 Å². The Hall–Kier alpha value is -2.93. The maximum atomic E-state index is 12.4. The maximum absolute atomic E-state index is 12.4. The van der Waals surface area contributed by atoms with Crippen LogP contribution in [0.2, 0.25) is 0 Å². The molecule has 1 heterocycles. The lowest BCUT2D eigenvalue weighted by molar-refractivity contribution is -0.115. The highest BCUT2D eigenvalue weighted by Crippen LogP contribution is 2.24. The first-order chi connectivity index (χ1) is 12.9. The van der Waals surface area contributed by atoms with Crippen molar-refractivity contribution in [3.8, 4) is 11.4 Å². The first-order valence-electron chi connectivity index (χ1n) is 8.50. The largest absolute Gasteiger partial charge is 0.325 e. The van der Waals surface area contributed by atoms with E-state index in [0.29, 0.717) is 22.2 Å². The van der Waals surface area contributed by atoms with E-state index in [0.717, 1.165) is 5.56 Å². The number of nitrogens with one attached hydrogen (secondary N) is 2. The Morgan fingerprint density at radius 3 is 2.59 bits per heavy atom. The highest BCUT2D eigenvalue weighted by atomic mass is 32.2. The molecule has 0 bridgehead atoms. The molecule has 7 heteroatoms. The van der Waals surface area contributed by atoms with Crippen LogP contribution < -0.4 is 5.32 Å². The molecule has 3 aromatic rings. The van der Waals surface area contributed by atoms with Crippen molar-refractivity contribution in [3.05, 3.63) is 59.7 Å². The Balaban J connectivity index is 1.64. The second-order valence-corrected chi connectivity index (χ2v) is 7.53. The predicted octanol–water partition coefficient (Wildman–Crippen LogP) is 4.10. The van der Waals surface area contributed by atoms with Crippen molar-refractivity contribution in [2.45, 2.75) is 31.2 Å². The number of nitrogens with zero attached hydrogens (tertiary/aromatic N) is 2. The molecule has 2 aromatic carbocycles. The second kappa shape index (κ2) is 8.18. The fourth-order valence-electron chi connectivity index (χ4n) is 2.41. The zero-order valence-electron chi connectivity index (χ0n) is 15.3. The molecule has 0 spiro atoms. The van der Waals surface area contributed by atoms with Gasteiger partial charge in [-0.2, -0.15) is 0 Å². The summed E-state index contributed by atoms with van der Waals surface area (Å²) in [6, 6.07) is 14.9. The molecule has 27 heavy (non-hydrogen) atoms. The van der Waals surface area contributed by atoms with E-state index in [9.17, 15) is 9.59 Å². The Bertz CT molecular complexity index is 966. The summed E-state index contributed by atoms with van der Waals surface area (Å²) in [7, 11) is 0. The summed E-state index contributed by atoms with van der Waals surface area (Å²) in [4.78, 5) is 28.3. The average Bonchev–Trinajstić information content (AvgIpc) is 3.11. The van der Waals surface area contributed by atoms with Gasteiger partial charge >= 0.3 is 0 Å². The summed E-state index contributed by atoms with van der Waals surface area (Å²) in [6.07, 6.45) is 0. The van der Waals surface area contributed by atoms with Crippen molar-refractivity contribution in [1.29, 1.82) is 0 Å². The lowest BCUT2D eigenvalue weighted by Gasteiger charge is -2.10. The number of hydrogen-bond donors (Lipinski definition) is 2. The molecule has 138 valence electrons. The minimum Gasteiger partial charge on any atom is -0.325 e. The van der Waals surface area contributed by atoms with Crippen LogP contribution in [0.4, 0.5) is 5.69 Å². The number of amides is 1. The molecule has 1 atom stereocenters. The van der Waals surface area contributed by atoms with Crippen LogP contribution in [0.1, 0.15) is 29.8 Å². The van der Waals surface area contributed by atoms with Crippen LogP contribution in [-0.4, -0.2) is 32.1 Å². The molecule has 0 aliphatic carbocycles. The van der Waals surface area contributed by atoms with E-state index in [1.54, 1.807) is 31.2 Å². The fraction of sp³-hybridized carbons (Fsp3) is 0.200. The zero-order valence-corrected chi connectivity index (χ0v) is 16.1. The minimum atomic E-state index is -0.396. The van der Waals surface area contributed by atoms with Crippen molar-refractivity contribution in [2.75, 3.05) is 5.32 Å². The van der Waals surface area contributed by atoms with E-state index in [2.05, 4.69) is 20.5 Å². The first-order valence-corrected chi connectivity index (χ1v) is 9.38. The van der Waals surface area contributed by atoms with Gasteiger partial charge in [-0.25, -0.2) is 4.98 Å². The van der Waals surface area contributed by atoms with E-state index in [1.165, 1.54) is 24.2 Å². The predicted molar refractivity (Wildman–Crippen MR) is 107 cm³/mol. The third-order valence-corrected chi connectivity index (χ3v) is 4.94. The number of thioether (sulfide) groups is 1. The molecular weight excluding hydrogens is 360 g/mol. The van der Waals surface area contributed by atoms with Gasteiger partial charge in [0.05, 0.1) is 5.25 Å². The Labute approximate surface area is 161 Å². The summed E-state index contributed by atoms with van der Waals surface area (Å²) in [5.41, 5.74) is 3.27. The quantitative estimate of drug-likeness (QED) is 0.496. The van der Waals surface area contributed by atoms with Crippen LogP contribution in [0.3, 0.4) is 0 Å². The SMILES string of the molecule is CC(=O)c1cccc(NC(=O)[C@@H](C)Sc2n[nH]c(-c3ccc(C)cc3)n2)c1. The van der Waals surface area contributed by atoms with Gasteiger partial charge in [0.15, 0.2) is 11.6 Å². The van der Waals surface area contributed by atoms with Gasteiger partial charge in [0, 0.05) is 16.8 Å². The third-order valence-electron chi connectivity index (χ3n) is 3.98. The molecule has 0 aliphatic heterocycles. The van der Waals surface area contributed by atoms with Gasteiger partial charge < -0.3 is 5.32 Å². The minimum absolute atomic E-state index is 0.0436. The van der Waals surface area contributed by atoms with E-state index < -0.39 is 5.25 Å². The van der Waals surface area contributed by atoms with Crippen molar-refractivity contribution in [1.82, 2.24) is 15.2 Å². The van der Waals surface area contributed by atoms with E-state index in [1.807, 2.05) is 31.2 Å². The van der Waals surface area contributed by atoms with Crippen LogP contribution in [0.5, 0.6) is 0 Å². The van der Waals surface area contributed by atoms with Crippen LogP contribution >= 0.6 is 11.8 Å². The standard InChI is InChI=1S/C20H20N4O2S/c1-12-7-9-15(10-8-12)18-22-20(24-23-18)27-14(3)19(26)21-17-6-4-5-16(11-17)13(2)25/h4-11,14H,1-3H3,(H,21,26)(H,22,23,24)/t14-/m1/s1. The number of aromatic amines is 1. The zero-order chi connectivity index (χ0) is 19.4. The molecule has 0 saturated carbocycles. The molecule has 0 aliphatic rings. The molecule has 0 unspecified atom stereocenters. The molecule has 0 saturated heterocycles. The number of carbonyl (C=O) groups is 2. The highest BCUT2D eigenvalue weighted by Gasteiger charge is 2.18. The smallest absolute Gasteiger partial charge is 0.237 e. The summed E-state index contributed by atoms with van der Waals surface area (Å²) in [5.74, 6) is 0.444. The number of carbonyl (C=O) groups excluding carboxylic acids is 2. The van der Waals surface area contributed by atoms with Crippen molar-refractivity contribution in [3.63, 3.8) is 0 Å². The second-order valence-electron chi connectivity index (χ2n) is 6.22. The van der Waals surface area contributed by atoms with Crippen LogP contribution in [-0.2, 0) is 4.79 Å². The van der Waals surface area contributed by atoms with Gasteiger partial charge in [-0.1, -0.05) is 53.7 Å². The maximum Gasteiger partial charge on any atom is 0.237 e. The molecule has 1 aromatic heterocycles. The summed E-state index contributed by atoms with van der Waals surface area (Å²) >= 11 is 1.27. The average molecular weight is 380 g/mol. The van der Waals surface area contributed by atoms with Gasteiger partial charge in [0.1, 0.15) is 0 Å². The number of H-pyrrole nitrogens is 1. The van der Waals surface area contributed by atoms with Gasteiger partial charge in [0.2, 0.25) is 11.1 Å². The van der Waals surface area contributed by atoms with Gasteiger partial charge in [-0.05, 0) is 32.9 Å². The summed E-state index contributed by atoms with van der Waals surface area (Å²) in [5, 5.41) is 10.0. The molecular formula is C20H20N4O2S. The number of benzene rings is 2. The molecule has 3 rings (SSSR count). The van der Waals surface area contributed by atoms with E-state index in [4.69, 9.17) is 0 Å². The van der Waals surface area contributed by atoms with Crippen LogP contribution in [0, 0.1) is 6.92 Å². The molecule has 6 nitrogen and oxygen atoms in total. The summed E-state index contributed by atoms with van der Waals surface area (Å²) < 4.78 is 0. The molecule has 0 fully saturated rings. The lowest BCUT2D eigenvalue weighted by atomic mass is 10.1. The number of aryl methyl sites for hydroxylation is 1. The Morgan fingerprint density at radius 1 is 1.15 bits per heavy atom. The number of rotatable bonds is 6. The lowest BCUT2D eigenvalue weighted by Crippen LogP contribution is -2.22. The highest BCUT2D eigenvalue weighted by molar-refractivity contribution is 8.00. The van der Waals surface area contributed by atoms with Crippen LogP contribution in [0.25, 0.3) is 11.4 Å². The third kappa shape index (κ3) is 4.83. The van der Waals surface area contributed by atoms with Gasteiger partial charge in [-0.15, -0.1) is 5.10 Å². The topological polar surface area (TPSA) is 87.7 Å². The Kier molecular flexibility index (Phi) is 5.71. The van der Waals surface area contributed by atoms with Crippen molar-refractivity contribution < 1.29 is 9.59 Å². The molecule has 2 N–H and O–H groups in total. The normalized spacial score (nSPS) is 11.8. The van der Waals surface area contributed by atoms with Crippen LogP contribution in [0.15, 0.2) is 53.7 Å². The molecule has 1 amide bonds. The number of hydrogen-bond acceptors (Lipinski definition) is 5. The Morgan fingerprint density at radius 2 is 1.89 bits per heavy atom. The molecule has 0 radical (unpaired) electrons. The first kappa shape index (κ1) is 18.8. The fourth-order valence-corrected chi connectivity index (χ4v) is 3.14. The number of ketones is 1. The number of aromatic nitrogens is 3. The van der Waals surface area contributed by atoms with Gasteiger partial charge in [0.25, 0.3) is 0 Å². The summed E-state index contributed by atoms with van der Waals surface area (Å²) in [6.45, 7) is 5.31.